The van der Waals surface area contributed by atoms with E-state index in [0.717, 1.165) is 54.7 Å². The van der Waals surface area contributed by atoms with Crippen LogP contribution in [0, 0.1) is 11.8 Å². The van der Waals surface area contributed by atoms with Crippen LogP contribution in [0.1, 0.15) is 53.4 Å². The van der Waals surface area contributed by atoms with Crippen LogP contribution in [-0.2, 0) is 12.4 Å². The lowest BCUT2D eigenvalue weighted by Gasteiger charge is -2.39. The number of rotatable bonds is 0. The van der Waals surface area contributed by atoms with Gasteiger partial charge in [0.25, 0.3) is 0 Å². The molecule has 0 aliphatic heterocycles. The largest absolute Gasteiger partial charge is 0.416 e. The third-order valence-corrected chi connectivity index (χ3v) is 6.69. The molecule has 2 fully saturated rings. The van der Waals surface area contributed by atoms with Crippen molar-refractivity contribution in [2.24, 2.45) is 11.8 Å². The summed E-state index contributed by atoms with van der Waals surface area (Å²) in [7, 11) is 0. The number of hydrogen-bond acceptors (Lipinski definition) is 0. The Labute approximate surface area is 152 Å². The zero-order chi connectivity index (χ0) is 19.1. The normalized spacial score (nSPS) is 28.7. The first-order valence-corrected chi connectivity index (χ1v) is 9.07. The van der Waals surface area contributed by atoms with Crippen LogP contribution in [-0.4, -0.2) is 0 Å². The minimum absolute atomic E-state index is 0.116. The van der Waals surface area contributed by atoms with Crippen LogP contribution >= 0.6 is 0 Å². The molecule has 0 N–H and O–H groups in total. The number of hydrogen-bond donors (Lipinski definition) is 0. The topological polar surface area (TPSA) is 0 Å². The van der Waals surface area contributed by atoms with Crippen molar-refractivity contribution in [1.82, 2.24) is 0 Å². The Balaban J connectivity index is 1.76. The highest BCUT2D eigenvalue weighted by Gasteiger charge is 2.52. The molecule has 5 rings (SSSR count). The molecule has 142 valence electrons. The number of halogens is 6. The van der Waals surface area contributed by atoms with Crippen LogP contribution in [0.25, 0.3) is 11.1 Å². The molecular formula is C21H16F6. The van der Waals surface area contributed by atoms with Crippen molar-refractivity contribution >= 4 is 0 Å². The molecule has 27 heavy (non-hydrogen) atoms. The summed E-state index contributed by atoms with van der Waals surface area (Å²) in [6.45, 7) is 0. The van der Waals surface area contributed by atoms with E-state index in [2.05, 4.69) is 0 Å². The average Bonchev–Trinajstić information content (AvgIpc) is 3.21. The lowest BCUT2D eigenvalue weighted by atomic mass is 9.65. The van der Waals surface area contributed by atoms with Gasteiger partial charge in [0, 0.05) is 0 Å². The van der Waals surface area contributed by atoms with Gasteiger partial charge in [-0.25, -0.2) is 0 Å². The van der Waals surface area contributed by atoms with Gasteiger partial charge in [-0.1, -0.05) is 12.1 Å². The van der Waals surface area contributed by atoms with Crippen molar-refractivity contribution in [2.45, 2.75) is 43.5 Å². The lowest BCUT2D eigenvalue weighted by Crippen LogP contribution is -2.24. The Hall–Kier alpha value is -1.98. The molecular weight excluding hydrogens is 366 g/mol. The Morgan fingerprint density at radius 1 is 0.630 bits per heavy atom. The van der Waals surface area contributed by atoms with E-state index in [1.54, 1.807) is 0 Å². The Morgan fingerprint density at radius 3 is 1.41 bits per heavy atom. The third-order valence-electron chi connectivity index (χ3n) is 6.69. The zero-order valence-corrected chi connectivity index (χ0v) is 14.2. The van der Waals surface area contributed by atoms with E-state index in [9.17, 15) is 26.3 Å². The molecule has 0 spiro atoms. The minimum Gasteiger partial charge on any atom is -0.166 e. The Morgan fingerprint density at radius 2 is 1.04 bits per heavy atom. The summed E-state index contributed by atoms with van der Waals surface area (Å²) in [5.74, 6) is 1.05. The smallest absolute Gasteiger partial charge is 0.166 e. The predicted molar refractivity (Wildman–Crippen MR) is 88.2 cm³/mol. The fourth-order valence-electron chi connectivity index (χ4n) is 5.70. The predicted octanol–water partition coefficient (Wildman–Crippen LogP) is 7.00. The van der Waals surface area contributed by atoms with Gasteiger partial charge in [0.2, 0.25) is 0 Å². The van der Waals surface area contributed by atoms with Crippen LogP contribution < -0.4 is 0 Å². The fraction of sp³-hybridized carbons (Fsp3) is 0.429. The molecule has 2 aromatic rings. The summed E-state index contributed by atoms with van der Waals surface area (Å²) in [5.41, 5.74) is 0.580. The van der Waals surface area contributed by atoms with Crippen molar-refractivity contribution in [3.05, 3.63) is 58.7 Å². The van der Waals surface area contributed by atoms with E-state index < -0.39 is 23.5 Å². The van der Waals surface area contributed by atoms with Crippen LogP contribution in [0.3, 0.4) is 0 Å². The molecule has 2 bridgehead atoms. The van der Waals surface area contributed by atoms with Gasteiger partial charge in [0.15, 0.2) is 0 Å². The standard InChI is InChI=1S/C21H16F6/c22-20(23,24)12-3-5-14-16(8-12)17-9-13(21(25,26)27)4-6-15(17)19-11-2-1-10(7-11)18(14)19/h3-6,8-11,18-19H,1-2,7H2/t10-,11+,18-,19+. The molecule has 2 aromatic carbocycles. The van der Waals surface area contributed by atoms with Crippen LogP contribution in [0.4, 0.5) is 26.3 Å². The van der Waals surface area contributed by atoms with Crippen LogP contribution in [0.5, 0.6) is 0 Å². The first kappa shape index (κ1) is 17.1. The highest BCUT2D eigenvalue weighted by molar-refractivity contribution is 5.77. The fourth-order valence-corrected chi connectivity index (χ4v) is 5.70. The first-order valence-electron chi connectivity index (χ1n) is 9.07. The van der Waals surface area contributed by atoms with E-state index >= 15 is 0 Å². The van der Waals surface area contributed by atoms with Gasteiger partial charge in [-0.15, -0.1) is 0 Å². The van der Waals surface area contributed by atoms with E-state index in [4.69, 9.17) is 0 Å². The molecule has 0 nitrogen and oxygen atoms in total. The maximum absolute atomic E-state index is 13.2. The summed E-state index contributed by atoms with van der Waals surface area (Å²) < 4.78 is 79.4. The highest BCUT2D eigenvalue weighted by Crippen LogP contribution is 2.65. The van der Waals surface area contributed by atoms with Crippen molar-refractivity contribution in [3.8, 4) is 11.1 Å². The first-order chi connectivity index (χ1) is 12.6. The zero-order valence-electron chi connectivity index (χ0n) is 14.2. The van der Waals surface area contributed by atoms with Gasteiger partial charge in [0.05, 0.1) is 11.1 Å². The summed E-state index contributed by atoms with van der Waals surface area (Å²) >= 11 is 0. The Kier molecular flexibility index (Phi) is 3.36. The van der Waals surface area contributed by atoms with Gasteiger partial charge in [-0.2, -0.15) is 26.3 Å². The van der Waals surface area contributed by atoms with E-state index in [1.165, 1.54) is 12.1 Å². The van der Waals surface area contributed by atoms with Gasteiger partial charge < -0.3 is 0 Å². The van der Waals surface area contributed by atoms with Crippen molar-refractivity contribution in [3.63, 3.8) is 0 Å². The molecule has 0 aromatic heterocycles. The second kappa shape index (κ2) is 5.30. The van der Waals surface area contributed by atoms with Gasteiger partial charge in [-0.05, 0) is 89.5 Å². The monoisotopic (exact) mass is 382 g/mol. The number of alkyl halides is 6. The molecule has 0 heterocycles. The summed E-state index contributed by atoms with van der Waals surface area (Å²) in [4.78, 5) is 0. The number of benzene rings is 2. The van der Waals surface area contributed by atoms with E-state index in [0.29, 0.717) is 23.0 Å². The molecule has 0 unspecified atom stereocenters. The maximum Gasteiger partial charge on any atom is 0.416 e. The molecule has 0 saturated heterocycles. The van der Waals surface area contributed by atoms with Crippen molar-refractivity contribution in [1.29, 1.82) is 0 Å². The second-order valence-electron chi connectivity index (χ2n) is 7.98. The van der Waals surface area contributed by atoms with Crippen molar-refractivity contribution in [2.75, 3.05) is 0 Å². The molecule has 0 amide bonds. The molecule has 6 heteroatoms. The van der Waals surface area contributed by atoms with E-state index in [1.807, 2.05) is 0 Å². The Bertz CT molecular complexity index is 848. The second-order valence-corrected chi connectivity index (χ2v) is 7.98. The van der Waals surface area contributed by atoms with Crippen molar-refractivity contribution < 1.29 is 26.3 Å². The molecule has 0 radical (unpaired) electrons. The third kappa shape index (κ3) is 2.44. The van der Waals surface area contributed by atoms with Gasteiger partial charge in [-0.3, -0.25) is 0 Å². The van der Waals surface area contributed by atoms with E-state index in [-0.39, 0.29) is 11.8 Å². The quantitative estimate of drug-likeness (QED) is 0.430. The van der Waals surface area contributed by atoms with Crippen LogP contribution in [0.15, 0.2) is 36.4 Å². The molecule has 3 aliphatic carbocycles. The van der Waals surface area contributed by atoms with Gasteiger partial charge in [0.1, 0.15) is 0 Å². The van der Waals surface area contributed by atoms with Crippen LogP contribution in [0.2, 0.25) is 0 Å². The average molecular weight is 382 g/mol. The lowest BCUT2D eigenvalue weighted by molar-refractivity contribution is -0.138. The highest BCUT2D eigenvalue weighted by atomic mass is 19.4. The van der Waals surface area contributed by atoms with Gasteiger partial charge >= 0.3 is 12.4 Å². The molecule has 4 atom stereocenters. The summed E-state index contributed by atoms with van der Waals surface area (Å²) in [6.07, 6.45) is -5.95. The minimum atomic E-state index is -4.53. The summed E-state index contributed by atoms with van der Waals surface area (Å²) in [5, 5.41) is 0. The molecule has 3 aliphatic rings. The SMILES string of the molecule is FC(F)(F)c1ccc2c(c1)-c1cc(C(F)(F)F)ccc1[C@H]1[C@@H]3CC[C@@H](C3)[C@@H]21. The summed E-state index contributed by atoms with van der Waals surface area (Å²) in [6, 6.07) is 7.22. The molecule has 2 saturated carbocycles. The number of fused-ring (bicyclic) bond motifs is 10. The maximum atomic E-state index is 13.2.